The van der Waals surface area contributed by atoms with E-state index in [1.54, 1.807) is 0 Å². The quantitative estimate of drug-likeness (QED) is 0.868. The van der Waals surface area contributed by atoms with Crippen molar-refractivity contribution in [3.05, 3.63) is 58.6 Å². The zero-order valence-corrected chi connectivity index (χ0v) is 12.8. The van der Waals surface area contributed by atoms with Crippen LogP contribution >= 0.6 is 11.6 Å². The molecule has 1 amide bonds. The van der Waals surface area contributed by atoms with Gasteiger partial charge >= 0.3 is 0 Å². The third kappa shape index (κ3) is 3.61. The van der Waals surface area contributed by atoms with Crippen LogP contribution in [0.15, 0.2) is 41.3 Å². The fourth-order valence-electron chi connectivity index (χ4n) is 1.68. The lowest BCUT2D eigenvalue weighted by Gasteiger charge is -2.08. The average molecular weight is 346 g/mol. The molecule has 0 aromatic heterocycles. The Morgan fingerprint density at radius 2 is 1.64 bits per heavy atom. The predicted molar refractivity (Wildman–Crippen MR) is 78.9 cm³/mol. The number of nitrogens with one attached hydrogen (secondary N) is 1. The highest BCUT2D eigenvalue weighted by Gasteiger charge is 2.15. The Labute approximate surface area is 130 Å². The van der Waals surface area contributed by atoms with Crippen LogP contribution in [-0.2, 0) is 9.84 Å². The molecular weight excluding hydrogens is 336 g/mol. The van der Waals surface area contributed by atoms with Crippen molar-refractivity contribution in [1.29, 1.82) is 0 Å². The number of benzene rings is 2. The molecule has 0 radical (unpaired) electrons. The molecule has 0 atom stereocenters. The van der Waals surface area contributed by atoms with Gasteiger partial charge in [-0.15, -0.1) is 0 Å². The topological polar surface area (TPSA) is 63.2 Å². The number of rotatable bonds is 3. The van der Waals surface area contributed by atoms with Gasteiger partial charge in [0.2, 0.25) is 0 Å². The van der Waals surface area contributed by atoms with Crippen molar-refractivity contribution >= 4 is 33.0 Å². The summed E-state index contributed by atoms with van der Waals surface area (Å²) < 4.78 is 48.8. The molecule has 0 aliphatic heterocycles. The molecule has 2 rings (SSSR count). The van der Waals surface area contributed by atoms with E-state index in [0.29, 0.717) is 12.1 Å². The first-order chi connectivity index (χ1) is 10.2. The highest BCUT2D eigenvalue weighted by Crippen LogP contribution is 2.22. The van der Waals surface area contributed by atoms with Gasteiger partial charge in [-0.2, -0.15) is 0 Å². The minimum absolute atomic E-state index is 0.0939. The molecule has 0 heterocycles. The van der Waals surface area contributed by atoms with Crippen molar-refractivity contribution in [2.75, 3.05) is 11.6 Å². The van der Waals surface area contributed by atoms with E-state index in [4.69, 9.17) is 11.6 Å². The zero-order chi connectivity index (χ0) is 16.5. The number of amides is 1. The minimum atomic E-state index is -3.34. The molecule has 2 aromatic rings. The van der Waals surface area contributed by atoms with Gasteiger partial charge in [-0.05, 0) is 36.4 Å². The van der Waals surface area contributed by atoms with Crippen molar-refractivity contribution in [2.24, 2.45) is 0 Å². The van der Waals surface area contributed by atoms with Crippen molar-refractivity contribution in [2.45, 2.75) is 4.90 Å². The average Bonchev–Trinajstić information content (AvgIpc) is 2.42. The Bertz CT molecular complexity index is 836. The van der Waals surface area contributed by atoms with E-state index in [1.807, 2.05) is 0 Å². The summed E-state index contributed by atoms with van der Waals surface area (Å²) >= 11 is 5.70. The summed E-state index contributed by atoms with van der Waals surface area (Å²) in [6, 6.07) is 6.79. The zero-order valence-electron chi connectivity index (χ0n) is 11.2. The van der Waals surface area contributed by atoms with Crippen molar-refractivity contribution in [3.63, 3.8) is 0 Å². The maximum atomic E-state index is 13.2. The molecule has 22 heavy (non-hydrogen) atoms. The lowest BCUT2D eigenvalue weighted by molar-refractivity contribution is 0.102. The summed E-state index contributed by atoms with van der Waals surface area (Å²) in [4.78, 5) is 12.1. The smallest absolute Gasteiger partial charge is 0.257 e. The summed E-state index contributed by atoms with van der Waals surface area (Å²) in [5, 5.41) is 2.18. The molecule has 0 bridgehead atoms. The highest BCUT2D eigenvalue weighted by molar-refractivity contribution is 7.90. The van der Waals surface area contributed by atoms with E-state index in [0.717, 1.165) is 6.26 Å². The summed E-state index contributed by atoms with van der Waals surface area (Å²) in [5.41, 5.74) is 0.0611. The Balaban J connectivity index is 2.24. The number of hydrogen-bond acceptors (Lipinski definition) is 3. The van der Waals surface area contributed by atoms with Crippen molar-refractivity contribution in [3.8, 4) is 0 Å². The van der Waals surface area contributed by atoms with Gasteiger partial charge in [-0.25, -0.2) is 17.2 Å². The molecule has 1 N–H and O–H groups in total. The second kappa shape index (κ2) is 6.02. The molecule has 0 saturated carbocycles. The SMILES string of the molecule is CS(=O)(=O)c1ccc(NC(=O)c2cc(F)c(F)cc2Cl)cc1. The van der Waals surface area contributed by atoms with Crippen LogP contribution in [0.3, 0.4) is 0 Å². The van der Waals surface area contributed by atoms with Gasteiger partial charge in [-0.1, -0.05) is 11.6 Å². The van der Waals surface area contributed by atoms with Crippen LogP contribution in [0.1, 0.15) is 10.4 Å². The summed E-state index contributed by atoms with van der Waals surface area (Å²) in [6.07, 6.45) is 1.06. The van der Waals surface area contributed by atoms with Crippen LogP contribution in [0.25, 0.3) is 0 Å². The monoisotopic (exact) mass is 345 g/mol. The summed E-state index contributed by atoms with van der Waals surface area (Å²) in [6.45, 7) is 0. The fraction of sp³-hybridized carbons (Fsp3) is 0.0714. The first-order valence-electron chi connectivity index (χ1n) is 5.94. The Morgan fingerprint density at radius 3 is 2.18 bits per heavy atom. The highest BCUT2D eigenvalue weighted by atomic mass is 35.5. The van der Waals surface area contributed by atoms with Crippen LogP contribution < -0.4 is 5.32 Å². The summed E-state index contributed by atoms with van der Waals surface area (Å²) in [7, 11) is -3.34. The number of carbonyl (C=O) groups is 1. The molecular formula is C14H10ClF2NO3S. The predicted octanol–water partition coefficient (Wildman–Crippen LogP) is 3.27. The molecule has 0 aliphatic carbocycles. The van der Waals surface area contributed by atoms with E-state index < -0.39 is 27.4 Å². The van der Waals surface area contributed by atoms with Crippen LogP contribution in [0, 0.1) is 11.6 Å². The second-order valence-corrected chi connectivity index (χ2v) is 6.92. The number of hydrogen-bond donors (Lipinski definition) is 1. The lowest BCUT2D eigenvalue weighted by Crippen LogP contribution is -2.13. The van der Waals surface area contributed by atoms with Crippen molar-refractivity contribution in [1.82, 2.24) is 0 Å². The maximum absolute atomic E-state index is 13.2. The fourth-order valence-corrected chi connectivity index (χ4v) is 2.55. The van der Waals surface area contributed by atoms with Gasteiger partial charge in [0.05, 0.1) is 15.5 Å². The van der Waals surface area contributed by atoms with Crippen LogP contribution in [-0.4, -0.2) is 20.6 Å². The Kier molecular flexibility index (Phi) is 4.48. The summed E-state index contributed by atoms with van der Waals surface area (Å²) in [5.74, 6) is -3.09. The van der Waals surface area contributed by atoms with Crippen molar-refractivity contribution < 1.29 is 22.0 Å². The first-order valence-corrected chi connectivity index (χ1v) is 8.21. The van der Waals surface area contributed by atoms with Gasteiger partial charge in [0.15, 0.2) is 21.5 Å². The van der Waals surface area contributed by atoms with E-state index in [-0.39, 0.29) is 21.2 Å². The van der Waals surface area contributed by atoms with Gasteiger partial charge in [0.1, 0.15) is 0 Å². The largest absolute Gasteiger partial charge is 0.322 e. The Morgan fingerprint density at radius 1 is 1.09 bits per heavy atom. The minimum Gasteiger partial charge on any atom is -0.322 e. The van der Waals surface area contributed by atoms with E-state index >= 15 is 0 Å². The molecule has 0 fully saturated rings. The molecule has 4 nitrogen and oxygen atoms in total. The lowest BCUT2D eigenvalue weighted by atomic mass is 10.2. The first kappa shape index (κ1) is 16.4. The normalized spacial score (nSPS) is 11.3. The van der Waals surface area contributed by atoms with Crippen LogP contribution in [0.2, 0.25) is 5.02 Å². The standard InChI is InChI=1S/C14H10ClF2NO3S/c1-22(20,21)9-4-2-8(3-5-9)18-14(19)10-6-12(16)13(17)7-11(10)15/h2-7H,1H3,(H,18,19). The number of halogens is 3. The number of carbonyl (C=O) groups excluding carboxylic acids is 1. The molecule has 0 unspecified atom stereocenters. The Hall–Kier alpha value is -1.99. The maximum Gasteiger partial charge on any atom is 0.257 e. The number of sulfone groups is 1. The van der Waals surface area contributed by atoms with Gasteiger partial charge in [-0.3, -0.25) is 4.79 Å². The van der Waals surface area contributed by atoms with Gasteiger partial charge < -0.3 is 5.32 Å². The molecule has 8 heteroatoms. The third-order valence-corrected chi connectivity index (χ3v) is 4.24. The van der Waals surface area contributed by atoms with Crippen LogP contribution in [0.4, 0.5) is 14.5 Å². The molecule has 0 aliphatic rings. The van der Waals surface area contributed by atoms with Gasteiger partial charge in [0.25, 0.3) is 5.91 Å². The van der Waals surface area contributed by atoms with E-state index in [9.17, 15) is 22.0 Å². The van der Waals surface area contributed by atoms with Gasteiger partial charge in [0, 0.05) is 11.9 Å². The second-order valence-electron chi connectivity index (χ2n) is 4.50. The molecule has 116 valence electrons. The third-order valence-electron chi connectivity index (χ3n) is 2.79. The number of anilines is 1. The van der Waals surface area contributed by atoms with E-state index in [2.05, 4.69) is 5.32 Å². The molecule has 0 saturated heterocycles. The molecule has 0 spiro atoms. The van der Waals surface area contributed by atoms with E-state index in [1.165, 1.54) is 24.3 Å². The van der Waals surface area contributed by atoms with Crippen LogP contribution in [0.5, 0.6) is 0 Å². The molecule has 2 aromatic carbocycles.